The van der Waals surface area contributed by atoms with Gasteiger partial charge in [0.05, 0.1) is 5.69 Å². The molecule has 1 aromatic carbocycles. The molecule has 2 heterocycles. The van der Waals surface area contributed by atoms with E-state index in [2.05, 4.69) is 5.32 Å². The summed E-state index contributed by atoms with van der Waals surface area (Å²) in [6, 6.07) is 7.51. The summed E-state index contributed by atoms with van der Waals surface area (Å²) in [6.45, 7) is 4.86. The molecule has 2 aliphatic rings. The number of nitrogens with zero attached hydrogens (tertiary/aromatic N) is 2. The number of likely N-dealkylation sites (tertiary alicyclic amines) is 1. The van der Waals surface area contributed by atoms with E-state index in [1.54, 1.807) is 11.8 Å². The van der Waals surface area contributed by atoms with Gasteiger partial charge in [-0.2, -0.15) is 0 Å². The molecular weight excluding hydrogens is 330 g/mol. The second-order valence-electron chi connectivity index (χ2n) is 7.18. The lowest BCUT2D eigenvalue weighted by Crippen LogP contribution is -2.46. The Morgan fingerprint density at radius 2 is 2.00 bits per heavy atom. The van der Waals surface area contributed by atoms with E-state index in [1.807, 2.05) is 36.2 Å². The van der Waals surface area contributed by atoms with Gasteiger partial charge in [-0.25, -0.2) is 0 Å². The van der Waals surface area contributed by atoms with Crippen molar-refractivity contribution in [3.05, 3.63) is 24.3 Å². The maximum atomic E-state index is 12.6. The van der Waals surface area contributed by atoms with Crippen molar-refractivity contribution in [2.75, 3.05) is 38.1 Å². The molecule has 1 aromatic rings. The van der Waals surface area contributed by atoms with Gasteiger partial charge in [-0.1, -0.05) is 12.1 Å². The summed E-state index contributed by atoms with van der Waals surface area (Å²) in [6.07, 6.45) is 3.17. The van der Waals surface area contributed by atoms with Crippen LogP contribution in [0, 0.1) is 5.92 Å². The number of nitrogens with one attached hydrogen (secondary N) is 1. The van der Waals surface area contributed by atoms with Gasteiger partial charge in [0.1, 0.15) is 5.75 Å². The van der Waals surface area contributed by atoms with E-state index in [4.69, 9.17) is 4.74 Å². The lowest BCUT2D eigenvalue weighted by molar-refractivity contribution is -0.132. The zero-order valence-electron chi connectivity index (χ0n) is 15.7. The van der Waals surface area contributed by atoms with E-state index in [0.717, 1.165) is 38.2 Å². The number of fused-ring (bicyclic) bond motifs is 1. The average Bonchev–Trinajstić information content (AvgIpc) is 2.67. The van der Waals surface area contributed by atoms with Gasteiger partial charge < -0.3 is 19.9 Å². The molecule has 0 spiro atoms. The largest absolute Gasteiger partial charge is 0.479 e. The van der Waals surface area contributed by atoms with Crippen molar-refractivity contribution in [1.82, 2.24) is 10.2 Å². The second-order valence-corrected chi connectivity index (χ2v) is 7.18. The summed E-state index contributed by atoms with van der Waals surface area (Å²) in [5.41, 5.74) is 0.758. The van der Waals surface area contributed by atoms with Crippen LogP contribution in [0.25, 0.3) is 0 Å². The molecule has 0 aliphatic carbocycles. The quantitative estimate of drug-likeness (QED) is 0.844. The van der Waals surface area contributed by atoms with Gasteiger partial charge in [0.2, 0.25) is 5.91 Å². The lowest BCUT2D eigenvalue weighted by Gasteiger charge is -2.35. The van der Waals surface area contributed by atoms with Gasteiger partial charge in [-0.3, -0.25) is 9.59 Å². The van der Waals surface area contributed by atoms with Gasteiger partial charge in [0.15, 0.2) is 6.10 Å². The molecule has 2 aliphatic heterocycles. The van der Waals surface area contributed by atoms with Gasteiger partial charge in [0.25, 0.3) is 5.91 Å². The number of ether oxygens (including phenoxy) is 1. The van der Waals surface area contributed by atoms with Crippen LogP contribution in [0.4, 0.5) is 5.69 Å². The minimum absolute atomic E-state index is 0.0812. The third kappa shape index (κ3) is 4.18. The molecule has 0 radical (unpaired) electrons. The number of carbonyl (C=O) groups excluding carboxylic acids is 2. The van der Waals surface area contributed by atoms with E-state index in [1.165, 1.54) is 6.42 Å². The summed E-state index contributed by atoms with van der Waals surface area (Å²) < 4.78 is 5.65. The Labute approximate surface area is 155 Å². The van der Waals surface area contributed by atoms with Gasteiger partial charge >= 0.3 is 0 Å². The Morgan fingerprint density at radius 3 is 2.73 bits per heavy atom. The molecule has 6 nitrogen and oxygen atoms in total. The van der Waals surface area contributed by atoms with Crippen molar-refractivity contribution < 1.29 is 14.3 Å². The molecule has 6 heteroatoms. The van der Waals surface area contributed by atoms with Crippen molar-refractivity contribution >= 4 is 17.5 Å². The third-order valence-electron chi connectivity index (χ3n) is 5.39. The normalized spacial score (nSPS) is 20.7. The van der Waals surface area contributed by atoms with Crippen LogP contribution in [0.1, 0.15) is 32.6 Å². The van der Waals surface area contributed by atoms with E-state index < -0.39 is 6.10 Å². The van der Waals surface area contributed by atoms with E-state index in [9.17, 15) is 9.59 Å². The smallest absolute Gasteiger partial charge is 0.267 e. The third-order valence-corrected chi connectivity index (χ3v) is 5.39. The molecule has 1 fully saturated rings. The van der Waals surface area contributed by atoms with Crippen LogP contribution in [-0.4, -0.2) is 56.0 Å². The minimum Gasteiger partial charge on any atom is -0.479 e. The van der Waals surface area contributed by atoms with Crippen LogP contribution in [0.5, 0.6) is 5.75 Å². The average molecular weight is 359 g/mol. The van der Waals surface area contributed by atoms with Crippen LogP contribution in [0.2, 0.25) is 0 Å². The number of piperidine rings is 1. The number of hydrogen-bond acceptors (Lipinski definition) is 4. The highest BCUT2D eigenvalue weighted by molar-refractivity contribution is 6.00. The first-order valence-corrected chi connectivity index (χ1v) is 9.59. The summed E-state index contributed by atoms with van der Waals surface area (Å²) in [4.78, 5) is 28.7. The highest BCUT2D eigenvalue weighted by atomic mass is 16.5. The van der Waals surface area contributed by atoms with Crippen molar-refractivity contribution in [2.45, 2.75) is 38.7 Å². The second kappa shape index (κ2) is 8.54. The first kappa shape index (κ1) is 18.7. The highest BCUT2D eigenvalue weighted by Gasteiger charge is 2.32. The molecule has 1 saturated heterocycles. The van der Waals surface area contributed by atoms with Crippen molar-refractivity contribution in [3.8, 4) is 5.75 Å². The summed E-state index contributed by atoms with van der Waals surface area (Å²) in [7, 11) is 1.98. The fourth-order valence-electron chi connectivity index (χ4n) is 3.77. The fraction of sp³-hybridized carbons (Fsp3) is 0.600. The highest BCUT2D eigenvalue weighted by Crippen LogP contribution is 2.33. The topological polar surface area (TPSA) is 61.9 Å². The van der Waals surface area contributed by atoms with Crippen molar-refractivity contribution in [2.24, 2.45) is 5.92 Å². The van der Waals surface area contributed by atoms with Gasteiger partial charge in [-0.05, 0) is 57.8 Å². The standard InChI is InChI=1S/C20H29N3O3/c1-15-20(25)23(17-5-3-4-6-18(17)26-15)14-10-19(24)22-12-8-16(9-13-22)7-11-21-2/h3-6,15-16,21H,7-14H2,1-2H3. The molecule has 0 bridgehead atoms. The molecule has 2 amide bonds. The molecule has 3 rings (SSSR count). The lowest BCUT2D eigenvalue weighted by atomic mass is 9.93. The first-order chi connectivity index (χ1) is 12.6. The van der Waals surface area contributed by atoms with E-state index in [0.29, 0.717) is 24.6 Å². The molecule has 1 N–H and O–H groups in total. The Kier molecular flexibility index (Phi) is 6.14. The number of para-hydroxylation sites is 2. The van der Waals surface area contributed by atoms with Crippen LogP contribution in [-0.2, 0) is 9.59 Å². The Balaban J connectivity index is 1.54. The zero-order valence-corrected chi connectivity index (χ0v) is 15.7. The predicted octanol–water partition coefficient (Wildman–Crippen LogP) is 2.04. The van der Waals surface area contributed by atoms with Crippen LogP contribution < -0.4 is 15.0 Å². The molecule has 142 valence electrons. The van der Waals surface area contributed by atoms with Gasteiger partial charge in [0, 0.05) is 26.1 Å². The molecular formula is C20H29N3O3. The van der Waals surface area contributed by atoms with Gasteiger partial charge in [-0.15, -0.1) is 0 Å². The Hall–Kier alpha value is -2.08. The number of hydrogen-bond donors (Lipinski definition) is 1. The SMILES string of the molecule is CNCCC1CCN(C(=O)CCN2C(=O)C(C)Oc3ccccc32)CC1. The van der Waals surface area contributed by atoms with Crippen molar-refractivity contribution in [1.29, 1.82) is 0 Å². The Bertz CT molecular complexity index is 641. The zero-order chi connectivity index (χ0) is 18.5. The number of anilines is 1. The van der Waals surface area contributed by atoms with Crippen LogP contribution in [0.15, 0.2) is 24.3 Å². The van der Waals surface area contributed by atoms with E-state index in [-0.39, 0.29) is 11.8 Å². The summed E-state index contributed by atoms with van der Waals surface area (Å²) in [5.74, 6) is 1.47. The summed E-state index contributed by atoms with van der Waals surface area (Å²) in [5, 5.41) is 3.19. The Morgan fingerprint density at radius 1 is 1.27 bits per heavy atom. The maximum Gasteiger partial charge on any atom is 0.267 e. The number of carbonyl (C=O) groups is 2. The van der Waals surface area contributed by atoms with E-state index >= 15 is 0 Å². The molecule has 26 heavy (non-hydrogen) atoms. The minimum atomic E-state index is -0.511. The molecule has 0 aromatic heterocycles. The monoisotopic (exact) mass is 359 g/mol. The molecule has 1 atom stereocenters. The summed E-state index contributed by atoms with van der Waals surface area (Å²) >= 11 is 0. The number of benzene rings is 1. The maximum absolute atomic E-state index is 12.6. The number of rotatable bonds is 6. The first-order valence-electron chi connectivity index (χ1n) is 9.59. The molecule has 1 unspecified atom stereocenters. The predicted molar refractivity (Wildman–Crippen MR) is 101 cm³/mol. The number of amides is 2. The van der Waals surface area contributed by atoms with Crippen LogP contribution >= 0.6 is 0 Å². The van der Waals surface area contributed by atoms with Crippen molar-refractivity contribution in [3.63, 3.8) is 0 Å². The fourth-order valence-corrected chi connectivity index (χ4v) is 3.77. The molecule has 0 saturated carbocycles. The van der Waals surface area contributed by atoms with Crippen LogP contribution in [0.3, 0.4) is 0 Å².